The summed E-state index contributed by atoms with van der Waals surface area (Å²) < 4.78 is 5.49. The van der Waals surface area contributed by atoms with Crippen LogP contribution in [-0.4, -0.2) is 72.8 Å². The number of hydrogen-bond acceptors (Lipinski definition) is 6. The predicted molar refractivity (Wildman–Crippen MR) is 138 cm³/mol. The Morgan fingerprint density at radius 1 is 1.00 bits per heavy atom. The first kappa shape index (κ1) is 25.4. The SMILES string of the molecule is CCCN1C(=O)C2(/C(=C(\O)c3ccc(OCC)cc3)C(=O)C(=O)N2CCCN(C)C)c2ccccc21. The Morgan fingerprint density at radius 3 is 2.33 bits per heavy atom. The minimum atomic E-state index is -1.71. The van der Waals surface area contributed by atoms with Crippen LogP contribution in [0, 0.1) is 0 Å². The highest BCUT2D eigenvalue weighted by Crippen LogP contribution is 2.53. The second-order valence-electron chi connectivity index (χ2n) is 9.31. The highest BCUT2D eigenvalue weighted by Gasteiger charge is 2.66. The molecule has 190 valence electrons. The molecule has 0 bridgehead atoms. The molecule has 1 atom stereocenters. The van der Waals surface area contributed by atoms with Crippen LogP contribution in [0.2, 0.25) is 0 Å². The van der Waals surface area contributed by atoms with Crippen LogP contribution in [0.1, 0.15) is 37.8 Å². The molecule has 2 aliphatic rings. The normalized spacial score (nSPS) is 20.6. The van der Waals surface area contributed by atoms with Gasteiger partial charge in [-0.25, -0.2) is 0 Å². The van der Waals surface area contributed by atoms with E-state index in [0.29, 0.717) is 55.1 Å². The van der Waals surface area contributed by atoms with Crippen LogP contribution < -0.4 is 9.64 Å². The van der Waals surface area contributed by atoms with Crippen LogP contribution in [0.15, 0.2) is 54.1 Å². The monoisotopic (exact) mass is 491 g/mol. The van der Waals surface area contributed by atoms with Gasteiger partial charge in [0.25, 0.3) is 17.6 Å². The Balaban J connectivity index is 1.95. The second-order valence-corrected chi connectivity index (χ2v) is 9.31. The fourth-order valence-electron chi connectivity index (χ4n) is 5.18. The average molecular weight is 492 g/mol. The molecule has 0 saturated carbocycles. The first-order valence-corrected chi connectivity index (χ1v) is 12.4. The molecule has 1 unspecified atom stereocenters. The lowest BCUT2D eigenvalue weighted by atomic mass is 9.82. The Bertz CT molecular complexity index is 1200. The van der Waals surface area contributed by atoms with Crippen LogP contribution in [0.5, 0.6) is 5.75 Å². The zero-order valence-electron chi connectivity index (χ0n) is 21.3. The van der Waals surface area contributed by atoms with E-state index in [4.69, 9.17) is 4.74 Å². The van der Waals surface area contributed by atoms with Crippen molar-refractivity contribution in [2.45, 2.75) is 32.2 Å². The van der Waals surface area contributed by atoms with E-state index >= 15 is 0 Å². The summed E-state index contributed by atoms with van der Waals surface area (Å²) in [4.78, 5) is 46.3. The third kappa shape index (κ3) is 3.95. The van der Waals surface area contributed by atoms with Crippen LogP contribution in [0.3, 0.4) is 0 Å². The van der Waals surface area contributed by atoms with Crippen molar-refractivity contribution in [2.75, 3.05) is 45.2 Å². The lowest BCUT2D eigenvalue weighted by molar-refractivity contribution is -0.143. The standard InChI is InChI=1S/C28H33N3O5/c1-5-16-30-22-11-8-7-10-21(22)28(27(30)35)23(24(32)19-12-14-20(15-13-19)36-6-2)25(33)26(34)31(28)18-9-17-29(3)4/h7-8,10-15,32H,5-6,9,16-18H2,1-4H3/b24-23-. The van der Waals surface area contributed by atoms with Gasteiger partial charge >= 0.3 is 0 Å². The topological polar surface area (TPSA) is 90.4 Å². The second kappa shape index (κ2) is 10.1. The molecule has 2 heterocycles. The van der Waals surface area contributed by atoms with Gasteiger partial charge in [0.2, 0.25) is 0 Å². The molecule has 8 heteroatoms. The van der Waals surface area contributed by atoms with Gasteiger partial charge in [0, 0.05) is 24.2 Å². The summed E-state index contributed by atoms with van der Waals surface area (Å²) in [6.45, 7) is 5.63. The quantitative estimate of drug-likeness (QED) is 0.329. The molecule has 1 N–H and O–H groups in total. The van der Waals surface area contributed by atoms with E-state index in [9.17, 15) is 19.5 Å². The first-order chi connectivity index (χ1) is 17.3. The number of Topliss-reactive ketones (excluding diaryl/α,β-unsaturated/α-hetero) is 1. The van der Waals surface area contributed by atoms with Crippen molar-refractivity contribution in [3.05, 3.63) is 65.2 Å². The summed E-state index contributed by atoms with van der Waals surface area (Å²) >= 11 is 0. The van der Waals surface area contributed by atoms with Crippen LogP contribution in [0.4, 0.5) is 5.69 Å². The highest BCUT2D eigenvalue weighted by atomic mass is 16.5. The number of nitrogens with zero attached hydrogens (tertiary/aromatic N) is 3. The highest BCUT2D eigenvalue weighted by molar-refractivity contribution is 6.50. The molecule has 0 aromatic heterocycles. The summed E-state index contributed by atoms with van der Waals surface area (Å²) in [5, 5.41) is 11.5. The van der Waals surface area contributed by atoms with E-state index in [0.717, 1.165) is 0 Å². The predicted octanol–water partition coefficient (Wildman–Crippen LogP) is 3.37. The Morgan fingerprint density at radius 2 is 1.69 bits per heavy atom. The number of carbonyl (C=O) groups excluding carboxylic acids is 3. The lowest BCUT2D eigenvalue weighted by Gasteiger charge is -2.34. The number of benzene rings is 2. The van der Waals surface area contributed by atoms with E-state index in [1.54, 1.807) is 41.3 Å². The van der Waals surface area contributed by atoms with Crippen molar-refractivity contribution >= 4 is 29.0 Å². The molecule has 2 aliphatic heterocycles. The van der Waals surface area contributed by atoms with Crippen molar-refractivity contribution in [1.82, 2.24) is 9.80 Å². The number of para-hydroxylation sites is 1. The van der Waals surface area contributed by atoms with Gasteiger partial charge in [-0.15, -0.1) is 0 Å². The van der Waals surface area contributed by atoms with Gasteiger partial charge in [0.15, 0.2) is 5.54 Å². The zero-order valence-corrected chi connectivity index (χ0v) is 21.3. The van der Waals surface area contributed by atoms with E-state index < -0.39 is 17.2 Å². The minimum Gasteiger partial charge on any atom is -0.507 e. The van der Waals surface area contributed by atoms with Gasteiger partial charge in [0.1, 0.15) is 11.5 Å². The van der Waals surface area contributed by atoms with Gasteiger partial charge in [-0.3, -0.25) is 14.4 Å². The fourth-order valence-corrected chi connectivity index (χ4v) is 5.18. The maximum absolute atomic E-state index is 14.3. The van der Waals surface area contributed by atoms with Gasteiger partial charge < -0.3 is 24.5 Å². The zero-order chi connectivity index (χ0) is 26.0. The molecular weight excluding hydrogens is 458 g/mol. The maximum Gasteiger partial charge on any atom is 0.296 e. The first-order valence-electron chi connectivity index (χ1n) is 12.4. The van der Waals surface area contributed by atoms with E-state index in [-0.39, 0.29) is 23.8 Å². The van der Waals surface area contributed by atoms with E-state index in [2.05, 4.69) is 0 Å². The molecule has 36 heavy (non-hydrogen) atoms. The molecule has 1 spiro atoms. The summed E-state index contributed by atoms with van der Waals surface area (Å²) in [6.07, 6.45) is 1.26. The molecule has 2 aromatic carbocycles. The number of ether oxygens (including phenoxy) is 1. The van der Waals surface area contributed by atoms with Crippen molar-refractivity contribution in [3.8, 4) is 5.75 Å². The molecule has 0 radical (unpaired) electrons. The Kier molecular flexibility index (Phi) is 7.17. The molecule has 2 aromatic rings. The Hall–Kier alpha value is -3.65. The number of carbonyl (C=O) groups is 3. The fraction of sp³-hybridized carbons (Fsp3) is 0.393. The van der Waals surface area contributed by atoms with Gasteiger partial charge in [-0.2, -0.15) is 0 Å². The number of hydrogen-bond donors (Lipinski definition) is 1. The third-order valence-electron chi connectivity index (χ3n) is 6.68. The van der Waals surface area contributed by atoms with E-state index in [1.807, 2.05) is 45.0 Å². The van der Waals surface area contributed by atoms with Crippen molar-refractivity contribution < 1.29 is 24.2 Å². The molecule has 8 nitrogen and oxygen atoms in total. The number of aliphatic hydroxyl groups is 1. The molecule has 0 aliphatic carbocycles. The molecule has 1 fully saturated rings. The van der Waals surface area contributed by atoms with Crippen molar-refractivity contribution in [2.24, 2.45) is 0 Å². The summed E-state index contributed by atoms with van der Waals surface area (Å²) in [7, 11) is 3.85. The number of aliphatic hydroxyl groups excluding tert-OH is 1. The summed E-state index contributed by atoms with van der Waals surface area (Å²) in [5.74, 6) is -1.77. The summed E-state index contributed by atoms with van der Waals surface area (Å²) in [5.41, 5.74) is -0.364. The maximum atomic E-state index is 14.3. The van der Waals surface area contributed by atoms with Crippen molar-refractivity contribution in [1.29, 1.82) is 0 Å². The van der Waals surface area contributed by atoms with E-state index in [1.165, 1.54) is 4.90 Å². The number of amides is 2. The Labute approximate surface area is 211 Å². The van der Waals surface area contributed by atoms with Gasteiger partial charge in [-0.1, -0.05) is 25.1 Å². The van der Waals surface area contributed by atoms with Gasteiger partial charge in [-0.05, 0) is 70.7 Å². The van der Waals surface area contributed by atoms with Crippen LogP contribution in [0.25, 0.3) is 5.76 Å². The third-order valence-corrected chi connectivity index (χ3v) is 6.68. The molecular formula is C28H33N3O5. The lowest BCUT2D eigenvalue weighted by Crippen LogP contribution is -2.52. The van der Waals surface area contributed by atoms with Crippen LogP contribution >= 0.6 is 0 Å². The minimum absolute atomic E-state index is 0.183. The van der Waals surface area contributed by atoms with Gasteiger partial charge in [0.05, 0.1) is 17.9 Å². The number of likely N-dealkylation sites (tertiary alicyclic amines) is 1. The smallest absolute Gasteiger partial charge is 0.296 e. The number of anilines is 1. The molecule has 2 amide bonds. The largest absolute Gasteiger partial charge is 0.507 e. The molecule has 1 saturated heterocycles. The summed E-state index contributed by atoms with van der Waals surface area (Å²) in [6, 6.07) is 13.9. The number of ketones is 1. The van der Waals surface area contributed by atoms with Crippen LogP contribution in [-0.2, 0) is 19.9 Å². The number of rotatable bonds is 9. The average Bonchev–Trinajstić information content (AvgIpc) is 3.23. The molecule has 4 rings (SSSR count). The number of fused-ring (bicyclic) bond motifs is 2. The van der Waals surface area contributed by atoms with Crippen molar-refractivity contribution in [3.63, 3.8) is 0 Å².